The molecule has 0 aliphatic heterocycles. The summed E-state index contributed by atoms with van der Waals surface area (Å²) < 4.78 is 10.0. The van der Waals surface area contributed by atoms with Gasteiger partial charge in [0.25, 0.3) is 0 Å². The van der Waals surface area contributed by atoms with Crippen molar-refractivity contribution < 1.29 is 19.1 Å². The fourth-order valence-corrected chi connectivity index (χ4v) is 1.90. The van der Waals surface area contributed by atoms with Crippen LogP contribution < -0.4 is 0 Å². The molecule has 0 amide bonds. The maximum absolute atomic E-state index is 11.8. The van der Waals surface area contributed by atoms with E-state index in [-0.39, 0.29) is 18.4 Å². The molecule has 0 aliphatic carbocycles. The average Bonchev–Trinajstić information content (AvgIpc) is 2.35. The van der Waals surface area contributed by atoms with Crippen LogP contribution in [-0.4, -0.2) is 24.6 Å². The van der Waals surface area contributed by atoms with Crippen LogP contribution in [0, 0.1) is 0 Å². The summed E-state index contributed by atoms with van der Waals surface area (Å²) in [5.41, 5.74) is 1.76. The molecule has 4 nitrogen and oxygen atoms in total. The monoisotopic (exact) mass is 278 g/mol. The van der Waals surface area contributed by atoms with Gasteiger partial charge in [0.1, 0.15) is 5.60 Å². The van der Waals surface area contributed by atoms with Crippen molar-refractivity contribution in [2.75, 3.05) is 7.11 Å². The molecule has 0 aliphatic rings. The predicted molar refractivity (Wildman–Crippen MR) is 76.7 cm³/mol. The van der Waals surface area contributed by atoms with E-state index < -0.39 is 5.60 Å². The van der Waals surface area contributed by atoms with E-state index in [1.807, 2.05) is 33.8 Å². The lowest BCUT2D eigenvalue weighted by atomic mass is 10.0. The van der Waals surface area contributed by atoms with Crippen molar-refractivity contribution in [2.24, 2.45) is 0 Å². The quantitative estimate of drug-likeness (QED) is 0.795. The largest absolute Gasteiger partial charge is 0.465 e. The first-order valence-corrected chi connectivity index (χ1v) is 6.68. The molecule has 20 heavy (non-hydrogen) atoms. The molecule has 110 valence electrons. The number of rotatable bonds is 4. The summed E-state index contributed by atoms with van der Waals surface area (Å²) >= 11 is 0. The van der Waals surface area contributed by atoms with E-state index in [4.69, 9.17) is 9.47 Å². The molecule has 0 unspecified atom stereocenters. The second kappa shape index (κ2) is 6.55. The minimum absolute atomic E-state index is 0.200. The number of ether oxygens (including phenoxy) is 2. The van der Waals surface area contributed by atoms with Gasteiger partial charge in [-0.2, -0.15) is 0 Å². The number of benzene rings is 1. The van der Waals surface area contributed by atoms with Crippen molar-refractivity contribution in [2.45, 2.75) is 46.1 Å². The Labute approximate surface area is 120 Å². The fraction of sp³-hybridized carbons (Fsp3) is 0.500. The molecule has 0 radical (unpaired) electrons. The number of hydrogen-bond donors (Lipinski definition) is 0. The smallest absolute Gasteiger partial charge is 0.338 e. The third kappa shape index (κ3) is 4.68. The molecule has 1 aromatic carbocycles. The van der Waals surface area contributed by atoms with E-state index in [1.54, 1.807) is 12.1 Å². The third-order valence-electron chi connectivity index (χ3n) is 2.72. The van der Waals surface area contributed by atoms with Crippen LogP contribution >= 0.6 is 0 Å². The van der Waals surface area contributed by atoms with Gasteiger partial charge in [-0.05, 0) is 44.4 Å². The standard InChI is InChI=1S/C16H22O4/c1-6-12-9-11(7-8-13(12)15(18)19-5)10-14(17)20-16(2,3)4/h7-9H,6,10H2,1-5H3. The van der Waals surface area contributed by atoms with Crippen LogP contribution in [0.3, 0.4) is 0 Å². The first-order chi connectivity index (χ1) is 9.26. The zero-order valence-corrected chi connectivity index (χ0v) is 12.8. The summed E-state index contributed by atoms with van der Waals surface area (Å²) in [7, 11) is 1.36. The second-order valence-electron chi connectivity index (χ2n) is 5.60. The SMILES string of the molecule is CCc1cc(CC(=O)OC(C)(C)C)ccc1C(=O)OC. The van der Waals surface area contributed by atoms with Crippen molar-refractivity contribution in [1.29, 1.82) is 0 Å². The van der Waals surface area contributed by atoms with Gasteiger partial charge in [0.2, 0.25) is 0 Å². The molecule has 1 aromatic rings. The van der Waals surface area contributed by atoms with E-state index in [0.717, 1.165) is 11.1 Å². The summed E-state index contributed by atoms with van der Waals surface area (Å²) in [6.07, 6.45) is 0.901. The lowest BCUT2D eigenvalue weighted by Gasteiger charge is -2.19. The number of methoxy groups -OCH3 is 1. The molecule has 0 aromatic heterocycles. The van der Waals surface area contributed by atoms with Gasteiger partial charge in [0.15, 0.2) is 0 Å². The van der Waals surface area contributed by atoms with Crippen LogP contribution in [0.25, 0.3) is 0 Å². The van der Waals surface area contributed by atoms with Crippen molar-refractivity contribution >= 4 is 11.9 Å². The maximum Gasteiger partial charge on any atom is 0.338 e. The van der Waals surface area contributed by atoms with E-state index in [9.17, 15) is 9.59 Å². The van der Waals surface area contributed by atoms with Crippen LogP contribution in [0.15, 0.2) is 18.2 Å². The highest BCUT2D eigenvalue weighted by atomic mass is 16.6. The molecule has 0 bridgehead atoms. The summed E-state index contributed by atoms with van der Waals surface area (Å²) in [6, 6.07) is 5.32. The van der Waals surface area contributed by atoms with Crippen LogP contribution in [0.5, 0.6) is 0 Å². The Morgan fingerprint density at radius 1 is 1.20 bits per heavy atom. The van der Waals surface area contributed by atoms with Crippen LogP contribution in [0.2, 0.25) is 0 Å². The molecule has 0 saturated carbocycles. The Balaban J connectivity index is 2.88. The number of hydrogen-bond acceptors (Lipinski definition) is 4. The van der Waals surface area contributed by atoms with Crippen molar-refractivity contribution in [3.05, 3.63) is 34.9 Å². The van der Waals surface area contributed by atoms with E-state index in [1.165, 1.54) is 7.11 Å². The van der Waals surface area contributed by atoms with Crippen LogP contribution in [-0.2, 0) is 27.1 Å². The second-order valence-corrected chi connectivity index (χ2v) is 5.60. The van der Waals surface area contributed by atoms with Gasteiger partial charge in [0, 0.05) is 0 Å². The van der Waals surface area contributed by atoms with Gasteiger partial charge in [-0.1, -0.05) is 19.1 Å². The maximum atomic E-state index is 11.8. The molecule has 0 heterocycles. The Bertz CT molecular complexity index is 498. The van der Waals surface area contributed by atoms with Gasteiger partial charge in [-0.25, -0.2) is 4.79 Å². The zero-order valence-electron chi connectivity index (χ0n) is 12.8. The van der Waals surface area contributed by atoms with Crippen molar-refractivity contribution in [1.82, 2.24) is 0 Å². The van der Waals surface area contributed by atoms with Crippen LogP contribution in [0.1, 0.15) is 49.2 Å². The van der Waals surface area contributed by atoms with Crippen molar-refractivity contribution in [3.63, 3.8) is 0 Å². The van der Waals surface area contributed by atoms with Gasteiger partial charge < -0.3 is 9.47 Å². The summed E-state index contributed by atoms with van der Waals surface area (Å²) in [6.45, 7) is 7.47. The van der Waals surface area contributed by atoms with Gasteiger partial charge in [0.05, 0.1) is 19.1 Å². The molecule has 0 fully saturated rings. The van der Waals surface area contributed by atoms with Crippen molar-refractivity contribution in [3.8, 4) is 0 Å². The predicted octanol–water partition coefficient (Wildman–Crippen LogP) is 2.92. The Morgan fingerprint density at radius 2 is 1.85 bits per heavy atom. The highest BCUT2D eigenvalue weighted by Crippen LogP contribution is 2.16. The summed E-state index contributed by atoms with van der Waals surface area (Å²) in [5.74, 6) is -0.629. The fourth-order valence-electron chi connectivity index (χ4n) is 1.90. The number of carbonyl (C=O) groups is 2. The van der Waals surface area contributed by atoms with E-state index >= 15 is 0 Å². The van der Waals surface area contributed by atoms with E-state index in [0.29, 0.717) is 12.0 Å². The highest BCUT2D eigenvalue weighted by molar-refractivity contribution is 5.91. The number of aryl methyl sites for hydroxylation is 1. The highest BCUT2D eigenvalue weighted by Gasteiger charge is 2.17. The third-order valence-corrected chi connectivity index (χ3v) is 2.72. The topological polar surface area (TPSA) is 52.6 Å². The first kappa shape index (κ1) is 16.2. The van der Waals surface area contributed by atoms with Gasteiger partial charge >= 0.3 is 11.9 Å². The minimum atomic E-state index is -0.489. The Kier molecular flexibility index (Phi) is 5.31. The van der Waals surface area contributed by atoms with Crippen LogP contribution in [0.4, 0.5) is 0 Å². The van der Waals surface area contributed by atoms with E-state index in [2.05, 4.69) is 0 Å². The average molecular weight is 278 g/mol. The zero-order chi connectivity index (χ0) is 15.3. The molecule has 1 rings (SSSR count). The summed E-state index contributed by atoms with van der Waals surface area (Å²) in [4.78, 5) is 23.4. The normalized spacial score (nSPS) is 11.1. The minimum Gasteiger partial charge on any atom is -0.465 e. The molecule has 0 spiro atoms. The molecule has 0 atom stereocenters. The number of carbonyl (C=O) groups excluding carboxylic acids is 2. The Hall–Kier alpha value is -1.84. The first-order valence-electron chi connectivity index (χ1n) is 6.68. The molecule has 4 heteroatoms. The molecular formula is C16H22O4. The summed E-state index contributed by atoms with van der Waals surface area (Å²) in [5, 5.41) is 0. The number of esters is 2. The lowest BCUT2D eigenvalue weighted by molar-refractivity contribution is -0.153. The Morgan fingerprint density at radius 3 is 2.35 bits per heavy atom. The molecule has 0 N–H and O–H groups in total. The van der Waals surface area contributed by atoms with Gasteiger partial charge in [-0.3, -0.25) is 4.79 Å². The molecular weight excluding hydrogens is 256 g/mol. The van der Waals surface area contributed by atoms with Gasteiger partial charge in [-0.15, -0.1) is 0 Å². The molecule has 0 saturated heterocycles. The lowest BCUT2D eigenvalue weighted by Crippen LogP contribution is -2.25.